The highest BCUT2D eigenvalue weighted by atomic mass is 16.5. The number of aromatic carboxylic acids is 1. The maximum absolute atomic E-state index is 10.8. The van der Waals surface area contributed by atoms with Crippen LogP contribution in [-0.2, 0) is 11.2 Å². The lowest BCUT2D eigenvalue weighted by Crippen LogP contribution is -2.37. The van der Waals surface area contributed by atoms with Gasteiger partial charge in [-0.2, -0.15) is 0 Å². The molecule has 18 heavy (non-hydrogen) atoms. The number of rotatable bonds is 6. The lowest BCUT2D eigenvalue weighted by Gasteiger charge is -2.26. The monoisotopic (exact) mass is 250 g/mol. The van der Waals surface area contributed by atoms with Crippen LogP contribution in [0.2, 0.25) is 0 Å². The molecule has 1 fully saturated rings. The van der Waals surface area contributed by atoms with Crippen molar-refractivity contribution >= 4 is 11.7 Å². The number of benzene rings is 1. The van der Waals surface area contributed by atoms with Crippen molar-refractivity contribution in [3.8, 4) is 0 Å². The molecule has 0 aromatic heterocycles. The Morgan fingerprint density at radius 3 is 2.83 bits per heavy atom. The molecular formula is C13H18N2O3. The van der Waals surface area contributed by atoms with Crippen molar-refractivity contribution in [2.45, 2.75) is 6.42 Å². The van der Waals surface area contributed by atoms with Gasteiger partial charge in [-0.25, -0.2) is 4.79 Å². The molecule has 1 aliphatic rings. The van der Waals surface area contributed by atoms with Crippen molar-refractivity contribution in [1.82, 2.24) is 5.32 Å². The Kier molecular flexibility index (Phi) is 4.17. The summed E-state index contributed by atoms with van der Waals surface area (Å²) >= 11 is 0. The number of carbonyl (C=O) groups is 1. The summed E-state index contributed by atoms with van der Waals surface area (Å²) in [5, 5.41) is 12.2. The van der Waals surface area contributed by atoms with Gasteiger partial charge in [0.2, 0.25) is 0 Å². The number of carboxylic acids is 1. The molecule has 0 spiro atoms. The van der Waals surface area contributed by atoms with Crippen LogP contribution in [0.4, 0.5) is 5.69 Å². The Labute approximate surface area is 106 Å². The fourth-order valence-corrected chi connectivity index (χ4v) is 1.89. The number of ether oxygens (including phenoxy) is 1. The summed E-state index contributed by atoms with van der Waals surface area (Å²) < 4.78 is 5.09. The maximum atomic E-state index is 10.8. The summed E-state index contributed by atoms with van der Waals surface area (Å²) in [4.78, 5) is 10.8. The molecule has 0 aliphatic carbocycles. The number of nitrogen functional groups attached to an aromatic ring is 1. The SMILES string of the molecule is Nc1cc(C(=O)O)ccc1CCNCC1COC1. The van der Waals surface area contributed by atoms with Gasteiger partial charge in [-0.3, -0.25) is 0 Å². The van der Waals surface area contributed by atoms with Crippen LogP contribution in [0.15, 0.2) is 18.2 Å². The van der Waals surface area contributed by atoms with E-state index in [4.69, 9.17) is 15.6 Å². The molecular weight excluding hydrogens is 232 g/mol. The molecule has 1 saturated heterocycles. The lowest BCUT2D eigenvalue weighted by atomic mass is 10.1. The molecule has 0 radical (unpaired) electrons. The van der Waals surface area contributed by atoms with Crippen molar-refractivity contribution in [2.75, 3.05) is 32.0 Å². The number of hydrogen-bond acceptors (Lipinski definition) is 4. The number of nitrogens with one attached hydrogen (secondary N) is 1. The molecule has 1 aromatic carbocycles. The molecule has 0 atom stereocenters. The zero-order valence-electron chi connectivity index (χ0n) is 10.2. The third-order valence-electron chi connectivity index (χ3n) is 3.10. The maximum Gasteiger partial charge on any atom is 0.335 e. The van der Waals surface area contributed by atoms with E-state index in [9.17, 15) is 4.79 Å². The van der Waals surface area contributed by atoms with Crippen LogP contribution in [0.3, 0.4) is 0 Å². The summed E-state index contributed by atoms with van der Waals surface area (Å²) in [7, 11) is 0. The topological polar surface area (TPSA) is 84.6 Å². The molecule has 0 unspecified atom stereocenters. The highest BCUT2D eigenvalue weighted by Crippen LogP contribution is 2.15. The van der Waals surface area contributed by atoms with E-state index < -0.39 is 5.97 Å². The highest BCUT2D eigenvalue weighted by molar-refractivity contribution is 5.88. The number of anilines is 1. The molecule has 5 nitrogen and oxygen atoms in total. The summed E-state index contributed by atoms with van der Waals surface area (Å²) in [6.07, 6.45) is 0.805. The van der Waals surface area contributed by atoms with Crippen molar-refractivity contribution in [3.05, 3.63) is 29.3 Å². The standard InChI is InChI=1S/C13H18N2O3/c14-12-5-11(13(16)17)2-1-10(12)3-4-15-6-9-7-18-8-9/h1-2,5,9,15H,3-4,6-8,14H2,(H,16,17). The minimum absolute atomic E-state index is 0.232. The van der Waals surface area contributed by atoms with E-state index in [1.165, 1.54) is 6.07 Å². The van der Waals surface area contributed by atoms with Crippen molar-refractivity contribution in [3.63, 3.8) is 0 Å². The summed E-state index contributed by atoms with van der Waals surface area (Å²) in [5.74, 6) is -0.312. The molecule has 4 N–H and O–H groups in total. The largest absolute Gasteiger partial charge is 0.478 e. The molecule has 1 aliphatic heterocycles. The van der Waals surface area contributed by atoms with Gasteiger partial charge in [0.15, 0.2) is 0 Å². The normalized spacial score (nSPS) is 15.3. The molecule has 0 bridgehead atoms. The van der Waals surface area contributed by atoms with Crippen molar-refractivity contribution < 1.29 is 14.6 Å². The lowest BCUT2D eigenvalue weighted by molar-refractivity contribution is -0.0305. The molecule has 1 aromatic rings. The summed E-state index contributed by atoms with van der Waals surface area (Å²) in [5.41, 5.74) is 7.59. The van der Waals surface area contributed by atoms with Crippen LogP contribution >= 0.6 is 0 Å². The minimum atomic E-state index is -0.948. The van der Waals surface area contributed by atoms with Gasteiger partial charge >= 0.3 is 5.97 Å². The van der Waals surface area contributed by atoms with Crippen molar-refractivity contribution in [1.29, 1.82) is 0 Å². The van der Waals surface area contributed by atoms with Gasteiger partial charge in [0.1, 0.15) is 0 Å². The van der Waals surface area contributed by atoms with E-state index in [0.29, 0.717) is 11.6 Å². The zero-order valence-corrected chi connectivity index (χ0v) is 10.2. The van der Waals surface area contributed by atoms with E-state index in [2.05, 4.69) is 5.32 Å². The van der Waals surface area contributed by atoms with Gasteiger partial charge in [0.25, 0.3) is 0 Å². The van der Waals surface area contributed by atoms with E-state index >= 15 is 0 Å². The molecule has 5 heteroatoms. The van der Waals surface area contributed by atoms with Gasteiger partial charge < -0.3 is 20.9 Å². The molecule has 1 heterocycles. The van der Waals surface area contributed by atoms with Crippen LogP contribution in [0.1, 0.15) is 15.9 Å². The molecule has 2 rings (SSSR count). The van der Waals surface area contributed by atoms with Gasteiger partial charge in [-0.05, 0) is 30.7 Å². The van der Waals surface area contributed by atoms with E-state index in [1.807, 2.05) is 0 Å². The summed E-state index contributed by atoms with van der Waals surface area (Å²) in [6.45, 7) is 3.51. The van der Waals surface area contributed by atoms with Gasteiger partial charge in [0, 0.05) is 18.2 Å². The van der Waals surface area contributed by atoms with Crippen LogP contribution in [0.5, 0.6) is 0 Å². The average molecular weight is 250 g/mol. The molecule has 98 valence electrons. The van der Waals surface area contributed by atoms with Gasteiger partial charge in [-0.15, -0.1) is 0 Å². The Bertz CT molecular complexity index is 430. The fourth-order valence-electron chi connectivity index (χ4n) is 1.89. The third kappa shape index (κ3) is 3.21. The quantitative estimate of drug-likeness (QED) is 0.512. The van der Waals surface area contributed by atoms with Gasteiger partial charge in [0.05, 0.1) is 18.8 Å². The first-order valence-corrected chi connectivity index (χ1v) is 6.07. The molecule has 0 amide bonds. The van der Waals surface area contributed by atoms with Crippen molar-refractivity contribution in [2.24, 2.45) is 5.92 Å². The zero-order chi connectivity index (χ0) is 13.0. The third-order valence-corrected chi connectivity index (χ3v) is 3.10. The van der Waals surface area contributed by atoms with Crippen LogP contribution < -0.4 is 11.1 Å². The van der Waals surface area contributed by atoms with E-state index in [-0.39, 0.29) is 5.56 Å². The first-order chi connectivity index (χ1) is 8.66. The predicted octanol–water partition coefficient (Wildman–Crippen LogP) is 0.745. The minimum Gasteiger partial charge on any atom is -0.478 e. The Hall–Kier alpha value is -1.59. The number of carboxylic acid groups (broad SMARTS) is 1. The first kappa shape index (κ1) is 12.9. The second-order valence-electron chi connectivity index (χ2n) is 4.58. The highest BCUT2D eigenvalue weighted by Gasteiger charge is 2.17. The number of nitrogens with two attached hydrogens (primary N) is 1. The Morgan fingerprint density at radius 2 is 2.28 bits per heavy atom. The van der Waals surface area contributed by atoms with E-state index in [1.54, 1.807) is 12.1 Å². The van der Waals surface area contributed by atoms with E-state index in [0.717, 1.165) is 38.3 Å². The summed E-state index contributed by atoms with van der Waals surface area (Å²) in [6, 6.07) is 4.89. The second kappa shape index (κ2) is 5.84. The first-order valence-electron chi connectivity index (χ1n) is 6.07. The van der Waals surface area contributed by atoms with Crippen LogP contribution in [0.25, 0.3) is 0 Å². The molecule has 0 saturated carbocycles. The predicted molar refractivity (Wildman–Crippen MR) is 68.7 cm³/mol. The van der Waals surface area contributed by atoms with Gasteiger partial charge in [-0.1, -0.05) is 6.07 Å². The Balaban J connectivity index is 1.79. The fraction of sp³-hybridized carbons (Fsp3) is 0.462. The van der Waals surface area contributed by atoms with Crippen LogP contribution in [-0.4, -0.2) is 37.4 Å². The second-order valence-corrected chi connectivity index (χ2v) is 4.58. The van der Waals surface area contributed by atoms with Crippen LogP contribution in [0, 0.1) is 5.92 Å². The average Bonchev–Trinajstić information content (AvgIpc) is 2.28. The Morgan fingerprint density at radius 1 is 1.50 bits per heavy atom. The number of hydrogen-bond donors (Lipinski definition) is 3. The smallest absolute Gasteiger partial charge is 0.335 e.